The highest BCUT2D eigenvalue weighted by Gasteiger charge is 2.42. The van der Waals surface area contributed by atoms with Crippen LogP contribution in [0.25, 0.3) is 5.69 Å². The van der Waals surface area contributed by atoms with Gasteiger partial charge in [-0.1, -0.05) is 6.07 Å². The lowest BCUT2D eigenvalue weighted by atomic mass is 10.0. The van der Waals surface area contributed by atoms with E-state index in [2.05, 4.69) is 49.1 Å². The molecular formula is C27H26N6O2S. The Morgan fingerprint density at radius 1 is 1.06 bits per heavy atom. The first-order valence-electron chi connectivity index (χ1n) is 11.5. The van der Waals surface area contributed by atoms with Gasteiger partial charge in [0.25, 0.3) is 0 Å². The highest BCUT2D eigenvalue weighted by Crippen LogP contribution is 2.42. The second-order valence-electron chi connectivity index (χ2n) is 8.47. The number of ether oxygens (including phenoxy) is 1. The number of carbonyl (C=O) groups is 1. The maximum Gasteiger partial charge on any atom is 0.250 e. The van der Waals surface area contributed by atoms with E-state index in [1.807, 2.05) is 60.8 Å². The molecular weight excluding hydrogens is 472 g/mol. The number of aromatic nitrogens is 3. The van der Waals surface area contributed by atoms with E-state index >= 15 is 0 Å². The minimum atomic E-state index is -0.207. The van der Waals surface area contributed by atoms with E-state index < -0.39 is 0 Å². The Kier molecular flexibility index (Phi) is 6.75. The third-order valence-electron chi connectivity index (χ3n) is 6.12. The Hall–Kier alpha value is -4.08. The highest BCUT2D eigenvalue weighted by molar-refractivity contribution is 7.80. The summed E-state index contributed by atoms with van der Waals surface area (Å²) in [6, 6.07) is 21.4. The number of aryl methyl sites for hydroxylation is 1. The molecule has 0 bridgehead atoms. The lowest BCUT2D eigenvalue weighted by Gasteiger charge is -2.29. The highest BCUT2D eigenvalue weighted by atomic mass is 32.1. The molecule has 0 saturated carbocycles. The average molecular weight is 499 g/mol. The number of thiocarbonyl (C=S) groups is 1. The molecule has 4 heterocycles. The smallest absolute Gasteiger partial charge is 0.250 e. The quantitative estimate of drug-likeness (QED) is 0.367. The molecule has 36 heavy (non-hydrogen) atoms. The SMILES string of the molecule is COCC(=O)Nc1ccc(N2C(=S)NC(c3ccccn3)C2c2ccc(C)n2-c2cccnc2)cc1. The second-order valence-corrected chi connectivity index (χ2v) is 8.86. The number of amides is 1. The molecule has 0 aliphatic carbocycles. The van der Waals surface area contributed by atoms with Crippen LogP contribution in [0.2, 0.25) is 0 Å². The van der Waals surface area contributed by atoms with E-state index in [1.54, 1.807) is 12.4 Å². The maximum absolute atomic E-state index is 11.9. The van der Waals surface area contributed by atoms with Gasteiger partial charge in [-0.3, -0.25) is 14.8 Å². The van der Waals surface area contributed by atoms with Crippen molar-refractivity contribution < 1.29 is 9.53 Å². The van der Waals surface area contributed by atoms with Gasteiger partial charge in [0.2, 0.25) is 5.91 Å². The molecule has 1 aromatic carbocycles. The second kappa shape index (κ2) is 10.3. The fraction of sp³-hybridized carbons (Fsp3) is 0.185. The predicted molar refractivity (Wildman–Crippen MR) is 143 cm³/mol. The standard InChI is InChI=1S/C27H26N6O2S/c1-18-8-13-23(32(18)21-6-5-14-28-16-21)26-25(22-7-3-4-15-29-22)31-27(36)33(26)20-11-9-19(10-12-20)30-24(34)17-35-2/h3-16,25-26H,17H2,1-2H3,(H,30,34)(H,31,36). The van der Waals surface area contributed by atoms with E-state index in [4.69, 9.17) is 17.0 Å². The molecule has 2 N–H and O–H groups in total. The van der Waals surface area contributed by atoms with Gasteiger partial charge in [0.15, 0.2) is 5.11 Å². The first kappa shape index (κ1) is 23.7. The van der Waals surface area contributed by atoms with E-state index in [0.29, 0.717) is 10.8 Å². The fourth-order valence-corrected chi connectivity index (χ4v) is 4.94. The molecule has 1 aliphatic rings. The van der Waals surface area contributed by atoms with Crippen molar-refractivity contribution in [2.75, 3.05) is 23.9 Å². The van der Waals surface area contributed by atoms with Crippen LogP contribution in [0.4, 0.5) is 11.4 Å². The van der Waals surface area contributed by atoms with Gasteiger partial charge < -0.3 is 24.8 Å². The largest absolute Gasteiger partial charge is 0.375 e. The van der Waals surface area contributed by atoms with Crippen LogP contribution in [-0.2, 0) is 9.53 Å². The molecule has 1 aliphatic heterocycles. The molecule has 2 unspecified atom stereocenters. The number of hydrogen-bond donors (Lipinski definition) is 2. The minimum absolute atomic E-state index is 0.000393. The minimum Gasteiger partial charge on any atom is -0.375 e. The molecule has 182 valence electrons. The topological polar surface area (TPSA) is 84.3 Å². The van der Waals surface area contributed by atoms with Crippen molar-refractivity contribution in [1.29, 1.82) is 0 Å². The molecule has 1 amide bonds. The summed E-state index contributed by atoms with van der Waals surface area (Å²) in [6.45, 7) is 2.08. The predicted octanol–water partition coefficient (Wildman–Crippen LogP) is 4.34. The van der Waals surface area contributed by atoms with Crippen LogP contribution in [0.5, 0.6) is 0 Å². The van der Waals surface area contributed by atoms with Gasteiger partial charge in [-0.25, -0.2) is 0 Å². The summed E-state index contributed by atoms with van der Waals surface area (Å²) in [4.78, 5) is 23.0. The number of rotatable bonds is 7. The molecule has 0 spiro atoms. The molecule has 4 aromatic rings. The molecule has 3 aromatic heterocycles. The van der Waals surface area contributed by atoms with Gasteiger partial charge >= 0.3 is 0 Å². The Labute approximate surface area is 215 Å². The van der Waals surface area contributed by atoms with Gasteiger partial charge in [-0.15, -0.1) is 0 Å². The fourth-order valence-electron chi connectivity index (χ4n) is 4.60. The summed E-state index contributed by atoms with van der Waals surface area (Å²) in [5.41, 5.74) is 5.60. The first-order chi connectivity index (χ1) is 17.6. The maximum atomic E-state index is 11.9. The average Bonchev–Trinajstić information content (AvgIpc) is 3.45. The van der Waals surface area contributed by atoms with Crippen molar-refractivity contribution in [2.24, 2.45) is 0 Å². The lowest BCUT2D eigenvalue weighted by molar-refractivity contribution is -0.119. The van der Waals surface area contributed by atoms with Crippen LogP contribution in [0, 0.1) is 6.92 Å². The van der Waals surface area contributed by atoms with E-state index in [1.165, 1.54) is 7.11 Å². The number of nitrogens with zero attached hydrogens (tertiary/aromatic N) is 4. The number of nitrogens with one attached hydrogen (secondary N) is 2. The zero-order valence-corrected chi connectivity index (χ0v) is 20.8. The Morgan fingerprint density at radius 3 is 2.58 bits per heavy atom. The van der Waals surface area contributed by atoms with Gasteiger partial charge in [0.1, 0.15) is 12.6 Å². The monoisotopic (exact) mass is 498 g/mol. The van der Waals surface area contributed by atoms with Crippen LogP contribution in [0.3, 0.4) is 0 Å². The molecule has 2 atom stereocenters. The van der Waals surface area contributed by atoms with Crippen molar-refractivity contribution >= 4 is 34.6 Å². The summed E-state index contributed by atoms with van der Waals surface area (Å²) >= 11 is 5.86. The van der Waals surface area contributed by atoms with Crippen LogP contribution in [0.1, 0.15) is 29.2 Å². The van der Waals surface area contributed by atoms with Crippen molar-refractivity contribution in [3.05, 3.63) is 102 Å². The van der Waals surface area contributed by atoms with Crippen molar-refractivity contribution in [1.82, 2.24) is 19.9 Å². The molecule has 1 fully saturated rings. The number of hydrogen-bond acceptors (Lipinski definition) is 5. The van der Waals surface area contributed by atoms with Crippen molar-refractivity contribution in [2.45, 2.75) is 19.0 Å². The van der Waals surface area contributed by atoms with Crippen LogP contribution in [-0.4, -0.2) is 39.3 Å². The number of carbonyl (C=O) groups excluding carboxylic acids is 1. The number of methoxy groups -OCH3 is 1. The van der Waals surface area contributed by atoms with Crippen molar-refractivity contribution in [3.8, 4) is 5.69 Å². The summed E-state index contributed by atoms with van der Waals surface area (Å²) in [6.07, 6.45) is 5.42. The zero-order valence-electron chi connectivity index (χ0n) is 20.0. The molecule has 0 radical (unpaired) electrons. The van der Waals surface area contributed by atoms with Crippen LogP contribution >= 0.6 is 12.2 Å². The van der Waals surface area contributed by atoms with Gasteiger partial charge in [-0.2, -0.15) is 0 Å². The van der Waals surface area contributed by atoms with Gasteiger partial charge in [-0.05, 0) is 79.8 Å². The lowest BCUT2D eigenvalue weighted by Crippen LogP contribution is -2.30. The molecule has 5 rings (SSSR count). The summed E-state index contributed by atoms with van der Waals surface area (Å²) < 4.78 is 7.11. The first-order valence-corrected chi connectivity index (χ1v) is 12.0. The summed E-state index contributed by atoms with van der Waals surface area (Å²) in [7, 11) is 1.49. The molecule has 8 nitrogen and oxygen atoms in total. The summed E-state index contributed by atoms with van der Waals surface area (Å²) in [5.74, 6) is -0.207. The van der Waals surface area contributed by atoms with Gasteiger partial charge in [0, 0.05) is 42.3 Å². The van der Waals surface area contributed by atoms with E-state index in [9.17, 15) is 4.79 Å². The normalized spacial score (nSPS) is 17.2. The number of anilines is 2. The zero-order chi connectivity index (χ0) is 25.1. The molecule has 1 saturated heterocycles. The third kappa shape index (κ3) is 4.58. The molecule has 9 heteroatoms. The van der Waals surface area contributed by atoms with E-state index in [-0.39, 0.29) is 24.6 Å². The van der Waals surface area contributed by atoms with Gasteiger partial charge in [0.05, 0.1) is 23.6 Å². The number of pyridine rings is 2. The summed E-state index contributed by atoms with van der Waals surface area (Å²) in [5, 5.41) is 6.93. The van der Waals surface area contributed by atoms with E-state index in [0.717, 1.165) is 28.5 Å². The van der Waals surface area contributed by atoms with Crippen molar-refractivity contribution in [3.63, 3.8) is 0 Å². The number of benzene rings is 1. The van der Waals surface area contributed by atoms with Crippen LogP contribution < -0.4 is 15.5 Å². The Bertz CT molecular complexity index is 1360. The third-order valence-corrected chi connectivity index (χ3v) is 6.43. The Balaban J connectivity index is 1.58. The van der Waals surface area contributed by atoms with Crippen LogP contribution in [0.15, 0.2) is 85.3 Å². The Morgan fingerprint density at radius 2 is 1.89 bits per heavy atom.